The third-order valence-corrected chi connectivity index (χ3v) is 11.6. The molecule has 0 aliphatic heterocycles. The highest BCUT2D eigenvalue weighted by atomic mass is 16.6. The van der Waals surface area contributed by atoms with Crippen LogP contribution in [0.3, 0.4) is 0 Å². The van der Waals surface area contributed by atoms with Crippen molar-refractivity contribution in [3.05, 3.63) is 109 Å². The van der Waals surface area contributed by atoms with E-state index in [9.17, 15) is 14.4 Å². The predicted molar refractivity (Wildman–Crippen MR) is 293 cm³/mol. The zero-order chi connectivity index (χ0) is 49.3. The second kappa shape index (κ2) is 55.7. The molecule has 0 aromatic rings. The van der Waals surface area contributed by atoms with Crippen LogP contribution < -0.4 is 0 Å². The number of hydrogen-bond donors (Lipinski definition) is 0. The molecule has 0 aromatic carbocycles. The van der Waals surface area contributed by atoms with Gasteiger partial charge >= 0.3 is 17.9 Å². The maximum atomic E-state index is 12.8. The number of rotatable bonds is 49. The minimum absolute atomic E-state index is 0.115. The van der Waals surface area contributed by atoms with Crippen molar-refractivity contribution in [1.82, 2.24) is 0 Å². The van der Waals surface area contributed by atoms with E-state index >= 15 is 0 Å². The topological polar surface area (TPSA) is 78.9 Å². The molecule has 1 unspecified atom stereocenters. The van der Waals surface area contributed by atoms with Crippen molar-refractivity contribution in [3.63, 3.8) is 0 Å². The van der Waals surface area contributed by atoms with Crippen LogP contribution >= 0.6 is 0 Å². The third-order valence-electron chi connectivity index (χ3n) is 11.6. The summed E-state index contributed by atoms with van der Waals surface area (Å²) < 4.78 is 16.7. The van der Waals surface area contributed by atoms with Gasteiger partial charge in [0.05, 0.1) is 6.42 Å². The summed E-state index contributed by atoms with van der Waals surface area (Å²) in [6.07, 6.45) is 75.3. The molecule has 0 N–H and O–H groups in total. The average molecular weight is 943 g/mol. The molecular formula is C62H102O6. The van der Waals surface area contributed by atoms with Gasteiger partial charge in [0.25, 0.3) is 0 Å². The highest BCUT2D eigenvalue weighted by Crippen LogP contribution is 2.15. The van der Waals surface area contributed by atoms with E-state index in [1.54, 1.807) is 6.08 Å². The third kappa shape index (κ3) is 53.0. The first-order valence-corrected chi connectivity index (χ1v) is 27.9. The van der Waals surface area contributed by atoms with Crippen molar-refractivity contribution in [3.8, 4) is 0 Å². The molecule has 0 aliphatic carbocycles. The maximum Gasteiger partial charge on any atom is 0.309 e. The molecule has 1 atom stereocenters. The summed E-state index contributed by atoms with van der Waals surface area (Å²) >= 11 is 0. The van der Waals surface area contributed by atoms with Gasteiger partial charge in [0.15, 0.2) is 6.10 Å². The molecule has 0 saturated carbocycles. The van der Waals surface area contributed by atoms with Gasteiger partial charge < -0.3 is 14.2 Å². The lowest BCUT2D eigenvalue weighted by Gasteiger charge is -2.18. The number of carbonyl (C=O) groups excluding carboxylic acids is 3. The molecule has 0 fully saturated rings. The van der Waals surface area contributed by atoms with Crippen LogP contribution in [0.1, 0.15) is 245 Å². The fourth-order valence-electron chi connectivity index (χ4n) is 7.45. The Hall–Kier alpha value is -3.93. The first-order chi connectivity index (χ1) is 33.5. The fourth-order valence-corrected chi connectivity index (χ4v) is 7.45. The van der Waals surface area contributed by atoms with Crippen LogP contribution in [-0.4, -0.2) is 37.2 Å². The Morgan fingerprint density at radius 3 is 1.03 bits per heavy atom. The van der Waals surface area contributed by atoms with Crippen LogP contribution in [0.2, 0.25) is 0 Å². The largest absolute Gasteiger partial charge is 0.462 e. The molecule has 0 saturated heterocycles. The maximum absolute atomic E-state index is 12.8. The quantitative estimate of drug-likeness (QED) is 0.0262. The Morgan fingerprint density at radius 1 is 0.324 bits per heavy atom. The molecule has 6 heteroatoms. The van der Waals surface area contributed by atoms with Crippen molar-refractivity contribution in [2.75, 3.05) is 13.2 Å². The number of ether oxygens (including phenoxy) is 3. The van der Waals surface area contributed by atoms with Gasteiger partial charge in [0, 0.05) is 12.8 Å². The van der Waals surface area contributed by atoms with Crippen molar-refractivity contribution >= 4 is 17.9 Å². The van der Waals surface area contributed by atoms with Gasteiger partial charge in [0.2, 0.25) is 0 Å². The SMILES string of the molecule is CC/C=C\C/C=C\C/C=C\C/C=C\C/C=C\CC(=O)OCC(COC(=O)CCCCCCCC/C=C\C/C=C\C/C=C\C/C=C\CC)OC(=O)CCCCCCCCCCCCCCCCCC. The Kier molecular flexibility index (Phi) is 52.4. The van der Waals surface area contributed by atoms with Gasteiger partial charge in [-0.15, -0.1) is 0 Å². The van der Waals surface area contributed by atoms with Crippen LogP contribution in [0.4, 0.5) is 0 Å². The van der Waals surface area contributed by atoms with Crippen LogP contribution in [0.5, 0.6) is 0 Å². The van der Waals surface area contributed by atoms with Crippen molar-refractivity contribution in [2.24, 2.45) is 0 Å². The molecule has 0 radical (unpaired) electrons. The van der Waals surface area contributed by atoms with E-state index in [2.05, 4.69) is 118 Å². The lowest BCUT2D eigenvalue weighted by molar-refractivity contribution is -0.166. The minimum atomic E-state index is -0.824. The number of allylic oxidation sites excluding steroid dienone is 17. The molecule has 0 rings (SSSR count). The first kappa shape index (κ1) is 64.1. The van der Waals surface area contributed by atoms with E-state index in [1.165, 1.54) is 96.3 Å². The van der Waals surface area contributed by atoms with Gasteiger partial charge in [-0.25, -0.2) is 0 Å². The first-order valence-electron chi connectivity index (χ1n) is 27.9. The van der Waals surface area contributed by atoms with E-state index < -0.39 is 12.1 Å². The molecular weight excluding hydrogens is 841 g/mol. The zero-order valence-electron chi connectivity index (χ0n) is 44.1. The molecule has 386 valence electrons. The van der Waals surface area contributed by atoms with E-state index in [0.29, 0.717) is 12.8 Å². The average Bonchev–Trinajstić information content (AvgIpc) is 3.34. The lowest BCUT2D eigenvalue weighted by atomic mass is 10.0. The lowest BCUT2D eigenvalue weighted by Crippen LogP contribution is -2.30. The highest BCUT2D eigenvalue weighted by molar-refractivity contribution is 5.72. The van der Waals surface area contributed by atoms with E-state index in [4.69, 9.17) is 14.2 Å². The molecule has 0 aromatic heterocycles. The molecule has 0 amide bonds. The second-order valence-electron chi connectivity index (χ2n) is 18.1. The van der Waals surface area contributed by atoms with Crippen molar-refractivity contribution in [1.29, 1.82) is 0 Å². The number of hydrogen-bond acceptors (Lipinski definition) is 6. The summed E-state index contributed by atoms with van der Waals surface area (Å²) in [6, 6.07) is 0. The van der Waals surface area contributed by atoms with Crippen molar-refractivity contribution in [2.45, 2.75) is 252 Å². The van der Waals surface area contributed by atoms with E-state index in [-0.39, 0.29) is 31.6 Å². The predicted octanol–water partition coefficient (Wildman–Crippen LogP) is 18.7. The molecule has 68 heavy (non-hydrogen) atoms. The van der Waals surface area contributed by atoms with Gasteiger partial charge in [-0.2, -0.15) is 0 Å². The Morgan fingerprint density at radius 2 is 0.632 bits per heavy atom. The number of unbranched alkanes of at least 4 members (excludes halogenated alkanes) is 21. The molecule has 0 heterocycles. The number of carbonyl (C=O) groups is 3. The summed E-state index contributed by atoms with van der Waals surface area (Å²) in [7, 11) is 0. The minimum Gasteiger partial charge on any atom is -0.462 e. The van der Waals surface area contributed by atoms with Gasteiger partial charge in [-0.1, -0.05) is 252 Å². The molecule has 0 spiro atoms. The fraction of sp³-hybridized carbons (Fsp3) is 0.661. The van der Waals surface area contributed by atoms with Crippen molar-refractivity contribution < 1.29 is 28.6 Å². The Bertz CT molecular complexity index is 1410. The standard InChI is InChI=1S/C62H102O6/c1-4-7-10-13-16-19-22-25-28-30-31-32-35-37-40-43-46-49-52-55-61(64)67-58-59(57-66-60(63)54-51-48-45-42-39-36-33-27-24-21-18-15-12-9-6-3)68-62(65)56-53-50-47-44-41-38-34-29-26-23-20-17-14-11-8-5-2/h7,9-10,12,16,18-19,21,25,27-28,31-33,39,42,48,51,59H,4-6,8,11,13-15,17,20,22-24,26,29-30,34-38,40-41,43-47,49-50,52-58H2,1-3H3/b10-7-,12-9-,19-16-,21-18-,28-25-,32-31-,33-27-,42-39-,51-48-. The zero-order valence-corrected chi connectivity index (χ0v) is 44.1. The van der Waals surface area contributed by atoms with Crippen LogP contribution in [0.25, 0.3) is 0 Å². The monoisotopic (exact) mass is 943 g/mol. The summed E-state index contributed by atoms with van der Waals surface area (Å²) in [6.45, 7) is 6.32. The summed E-state index contributed by atoms with van der Waals surface area (Å²) in [5.74, 6) is -1.06. The summed E-state index contributed by atoms with van der Waals surface area (Å²) in [5, 5.41) is 0. The van der Waals surface area contributed by atoms with E-state index in [1.807, 2.05) is 6.08 Å². The summed E-state index contributed by atoms with van der Waals surface area (Å²) in [5.41, 5.74) is 0. The second-order valence-corrected chi connectivity index (χ2v) is 18.1. The summed E-state index contributed by atoms with van der Waals surface area (Å²) in [4.78, 5) is 38.1. The van der Waals surface area contributed by atoms with E-state index in [0.717, 1.165) is 109 Å². The Balaban J connectivity index is 4.51. The van der Waals surface area contributed by atoms with Crippen LogP contribution in [0.15, 0.2) is 109 Å². The number of esters is 3. The normalized spacial score (nSPS) is 12.9. The molecule has 0 bridgehead atoms. The smallest absolute Gasteiger partial charge is 0.309 e. The van der Waals surface area contributed by atoms with Gasteiger partial charge in [0.1, 0.15) is 13.2 Å². The van der Waals surface area contributed by atoms with Crippen LogP contribution in [-0.2, 0) is 28.6 Å². The highest BCUT2D eigenvalue weighted by Gasteiger charge is 2.19. The van der Waals surface area contributed by atoms with Gasteiger partial charge in [-0.3, -0.25) is 14.4 Å². The van der Waals surface area contributed by atoms with Gasteiger partial charge in [-0.05, 0) is 83.5 Å². The molecule has 6 nitrogen and oxygen atoms in total. The Labute approximate surface area is 419 Å². The van der Waals surface area contributed by atoms with Crippen LogP contribution in [0, 0.1) is 0 Å². The molecule has 0 aliphatic rings.